The second-order valence-electron chi connectivity index (χ2n) is 5.39. The highest BCUT2D eigenvalue weighted by atomic mass is 127. The van der Waals surface area contributed by atoms with Gasteiger partial charge in [0, 0.05) is 12.6 Å². The van der Waals surface area contributed by atoms with Gasteiger partial charge >= 0.3 is 0 Å². The molecule has 0 bridgehead atoms. The third-order valence-electron chi connectivity index (χ3n) is 3.37. The topological polar surface area (TPSA) is 82.6 Å². The van der Waals surface area contributed by atoms with E-state index in [1.807, 2.05) is 31.2 Å². The second kappa shape index (κ2) is 9.43. The number of hydrogen-bond donors (Lipinski definition) is 3. The first-order valence-corrected chi connectivity index (χ1v) is 9.21. The fourth-order valence-corrected chi connectivity index (χ4v) is 2.72. The van der Waals surface area contributed by atoms with Crippen LogP contribution in [0, 0.1) is 0 Å². The molecular weight excluding hydrogens is 427 g/mol. The van der Waals surface area contributed by atoms with Gasteiger partial charge in [-0.2, -0.15) is 0 Å². The quantitative estimate of drug-likeness (QED) is 0.333. The van der Waals surface area contributed by atoms with Gasteiger partial charge in [0.25, 0.3) is 0 Å². The van der Waals surface area contributed by atoms with Crippen molar-refractivity contribution in [2.75, 3.05) is 13.6 Å². The lowest BCUT2D eigenvalue weighted by molar-refractivity contribution is 0.587. The molecule has 1 aromatic rings. The van der Waals surface area contributed by atoms with Gasteiger partial charge in [0.1, 0.15) is 0 Å². The summed E-state index contributed by atoms with van der Waals surface area (Å²) in [7, 11) is -1.80. The molecule has 23 heavy (non-hydrogen) atoms. The number of nitrogens with zero attached hydrogens (tertiary/aromatic N) is 1. The number of rotatable bonds is 7. The summed E-state index contributed by atoms with van der Waals surface area (Å²) in [6.07, 6.45) is 2.41. The third kappa shape index (κ3) is 7.49. The standard InChI is InChI=1S/C15H24N4O2S.HI/c1-3-17-15(19-14-8-9-14)18-10-12-4-6-13(7-5-12)11-22(20,21)16-2;/h4-7,14,16H,3,8-11H2,1-2H3,(H2,17,18,19);1H. The number of guanidine groups is 1. The lowest BCUT2D eigenvalue weighted by Gasteiger charge is -2.10. The number of sulfonamides is 1. The Balaban J connectivity index is 0.00000264. The summed E-state index contributed by atoms with van der Waals surface area (Å²) in [5, 5.41) is 6.59. The molecule has 3 N–H and O–H groups in total. The van der Waals surface area contributed by atoms with Gasteiger partial charge in [-0.15, -0.1) is 24.0 Å². The zero-order chi connectivity index (χ0) is 16.0. The highest BCUT2D eigenvalue weighted by Gasteiger charge is 2.21. The van der Waals surface area contributed by atoms with Crippen molar-refractivity contribution in [3.05, 3.63) is 35.4 Å². The molecule has 0 radical (unpaired) electrons. The van der Waals surface area contributed by atoms with Crippen molar-refractivity contribution < 1.29 is 8.42 Å². The Labute approximate surface area is 155 Å². The van der Waals surface area contributed by atoms with Crippen molar-refractivity contribution in [1.29, 1.82) is 0 Å². The molecule has 1 saturated carbocycles. The number of benzene rings is 1. The number of nitrogens with one attached hydrogen (secondary N) is 3. The van der Waals surface area contributed by atoms with Crippen molar-refractivity contribution in [2.24, 2.45) is 4.99 Å². The Hall–Kier alpha value is -0.870. The molecule has 0 aromatic heterocycles. The first-order chi connectivity index (χ1) is 10.5. The predicted molar refractivity (Wildman–Crippen MR) is 105 cm³/mol. The molecule has 0 aliphatic heterocycles. The van der Waals surface area contributed by atoms with E-state index in [1.54, 1.807) is 0 Å². The van der Waals surface area contributed by atoms with Crippen molar-refractivity contribution in [2.45, 2.75) is 38.1 Å². The molecule has 130 valence electrons. The molecule has 0 unspecified atom stereocenters. The van der Waals surface area contributed by atoms with Crippen LogP contribution in [0.15, 0.2) is 29.3 Å². The van der Waals surface area contributed by atoms with Gasteiger partial charge in [0.05, 0.1) is 12.3 Å². The first kappa shape index (κ1) is 20.2. The molecule has 8 heteroatoms. The van der Waals surface area contributed by atoms with Crippen LogP contribution in [0.25, 0.3) is 0 Å². The fourth-order valence-electron chi connectivity index (χ4n) is 1.94. The lowest BCUT2D eigenvalue weighted by atomic mass is 10.1. The molecule has 1 aliphatic carbocycles. The minimum atomic E-state index is -3.22. The van der Waals surface area contributed by atoms with Gasteiger partial charge < -0.3 is 10.6 Å². The maximum absolute atomic E-state index is 11.5. The predicted octanol–water partition coefficient (Wildman–Crippen LogP) is 1.57. The Bertz CT molecular complexity index is 613. The Morgan fingerprint density at radius 1 is 1.22 bits per heavy atom. The Morgan fingerprint density at radius 3 is 2.35 bits per heavy atom. The highest BCUT2D eigenvalue weighted by Crippen LogP contribution is 2.18. The van der Waals surface area contributed by atoms with Crippen LogP contribution >= 0.6 is 24.0 Å². The van der Waals surface area contributed by atoms with E-state index >= 15 is 0 Å². The normalized spacial score (nSPS) is 15.0. The molecule has 1 aliphatic rings. The van der Waals surface area contributed by atoms with E-state index in [2.05, 4.69) is 20.3 Å². The molecular formula is C15H25IN4O2S. The van der Waals surface area contributed by atoms with Crippen LogP contribution in [-0.4, -0.2) is 34.0 Å². The molecule has 0 heterocycles. The van der Waals surface area contributed by atoms with E-state index in [0.29, 0.717) is 12.6 Å². The SMILES string of the molecule is CCNC(=NCc1ccc(CS(=O)(=O)NC)cc1)NC1CC1.I. The van der Waals surface area contributed by atoms with Gasteiger partial charge in [0.15, 0.2) is 5.96 Å². The number of halogens is 1. The van der Waals surface area contributed by atoms with Gasteiger partial charge in [-0.1, -0.05) is 24.3 Å². The van der Waals surface area contributed by atoms with Gasteiger partial charge in [0.2, 0.25) is 10.0 Å². The van der Waals surface area contributed by atoms with Crippen LogP contribution in [0.3, 0.4) is 0 Å². The van der Waals surface area contributed by atoms with Crippen LogP contribution in [0.2, 0.25) is 0 Å². The van der Waals surface area contributed by atoms with Crippen molar-refractivity contribution in [3.8, 4) is 0 Å². The molecule has 0 amide bonds. The smallest absolute Gasteiger partial charge is 0.215 e. The van der Waals surface area contributed by atoms with E-state index in [0.717, 1.165) is 23.6 Å². The molecule has 0 spiro atoms. The number of hydrogen-bond acceptors (Lipinski definition) is 3. The minimum absolute atomic E-state index is 0. The highest BCUT2D eigenvalue weighted by molar-refractivity contribution is 14.0. The Kier molecular flexibility index (Phi) is 8.27. The molecule has 1 aromatic carbocycles. The maximum Gasteiger partial charge on any atom is 0.215 e. The average molecular weight is 452 g/mol. The van der Waals surface area contributed by atoms with E-state index in [1.165, 1.54) is 19.9 Å². The molecule has 2 rings (SSSR count). The van der Waals surface area contributed by atoms with Crippen LogP contribution in [0.5, 0.6) is 0 Å². The second-order valence-corrected chi connectivity index (χ2v) is 7.32. The van der Waals surface area contributed by atoms with Crippen LogP contribution in [-0.2, 0) is 22.3 Å². The zero-order valence-corrected chi connectivity index (χ0v) is 16.6. The van der Waals surface area contributed by atoms with Crippen LogP contribution < -0.4 is 15.4 Å². The van der Waals surface area contributed by atoms with Crippen LogP contribution in [0.4, 0.5) is 0 Å². The largest absolute Gasteiger partial charge is 0.357 e. The summed E-state index contributed by atoms with van der Waals surface area (Å²) in [4.78, 5) is 4.55. The van der Waals surface area contributed by atoms with Crippen LogP contribution in [0.1, 0.15) is 30.9 Å². The fraction of sp³-hybridized carbons (Fsp3) is 0.533. The first-order valence-electron chi connectivity index (χ1n) is 7.56. The zero-order valence-electron chi connectivity index (χ0n) is 13.5. The summed E-state index contributed by atoms with van der Waals surface area (Å²) >= 11 is 0. The molecule has 0 atom stereocenters. The van der Waals surface area contributed by atoms with E-state index < -0.39 is 10.0 Å². The Morgan fingerprint density at radius 2 is 1.83 bits per heavy atom. The maximum atomic E-state index is 11.5. The van der Waals surface area contributed by atoms with E-state index in [4.69, 9.17) is 0 Å². The number of aliphatic imine (C=N–C) groups is 1. The summed E-state index contributed by atoms with van der Waals surface area (Å²) in [5.41, 5.74) is 1.82. The van der Waals surface area contributed by atoms with Gasteiger partial charge in [-0.05, 0) is 37.9 Å². The molecule has 1 fully saturated rings. The summed E-state index contributed by atoms with van der Waals surface area (Å²) in [6.45, 7) is 3.45. The van der Waals surface area contributed by atoms with E-state index in [-0.39, 0.29) is 29.7 Å². The molecule has 0 saturated heterocycles. The minimum Gasteiger partial charge on any atom is -0.357 e. The van der Waals surface area contributed by atoms with Crippen molar-refractivity contribution >= 4 is 40.0 Å². The molecule has 6 nitrogen and oxygen atoms in total. The third-order valence-corrected chi connectivity index (χ3v) is 4.71. The van der Waals surface area contributed by atoms with Crippen molar-refractivity contribution in [3.63, 3.8) is 0 Å². The van der Waals surface area contributed by atoms with E-state index in [9.17, 15) is 8.42 Å². The summed E-state index contributed by atoms with van der Waals surface area (Å²) in [6, 6.07) is 8.07. The monoisotopic (exact) mass is 452 g/mol. The average Bonchev–Trinajstić information content (AvgIpc) is 3.30. The summed E-state index contributed by atoms with van der Waals surface area (Å²) in [5.74, 6) is 0.839. The van der Waals surface area contributed by atoms with Gasteiger partial charge in [-0.3, -0.25) is 0 Å². The van der Waals surface area contributed by atoms with Crippen molar-refractivity contribution in [1.82, 2.24) is 15.4 Å². The lowest BCUT2D eigenvalue weighted by Crippen LogP contribution is -2.38. The van der Waals surface area contributed by atoms with Gasteiger partial charge in [-0.25, -0.2) is 18.1 Å². The summed E-state index contributed by atoms with van der Waals surface area (Å²) < 4.78 is 25.3.